The van der Waals surface area contributed by atoms with Gasteiger partial charge in [-0.25, -0.2) is 9.59 Å². The van der Waals surface area contributed by atoms with Crippen LogP contribution in [0.1, 0.15) is 11.1 Å². The Morgan fingerprint density at radius 3 is 1.36 bits per heavy atom. The second-order valence-electron chi connectivity index (χ2n) is 4.90. The van der Waals surface area contributed by atoms with Gasteiger partial charge in [0.1, 0.15) is 11.5 Å². The van der Waals surface area contributed by atoms with Gasteiger partial charge in [0.15, 0.2) is 13.2 Å². The number of hydrogen-bond acceptors (Lipinski definition) is 4. The second kappa shape index (κ2) is 12.0. The third kappa shape index (κ3) is 9.47. The van der Waals surface area contributed by atoms with Gasteiger partial charge < -0.3 is 19.7 Å². The van der Waals surface area contributed by atoms with Gasteiger partial charge in [-0.15, -0.1) is 0 Å². The summed E-state index contributed by atoms with van der Waals surface area (Å²) in [6, 6.07) is 14.6. The van der Waals surface area contributed by atoms with Crippen molar-refractivity contribution in [2.45, 2.75) is 13.8 Å². The standard InChI is InChI=1S/2C9H10O3.Zn/c2*1-7-4-2-3-5-8(7)12-6-9(10)11;/h2*2-5H,6H2,1H3,(H,10,11);. The molecule has 0 aromatic heterocycles. The number of hydrogen-bond donors (Lipinski definition) is 2. The average Bonchev–Trinajstić information content (AvgIpc) is 2.54. The molecule has 130 valence electrons. The quantitative estimate of drug-likeness (QED) is 0.728. The van der Waals surface area contributed by atoms with Crippen molar-refractivity contribution in [1.82, 2.24) is 0 Å². The first-order valence-corrected chi connectivity index (χ1v) is 7.20. The Balaban J connectivity index is 0.000000443. The third-order valence-corrected chi connectivity index (χ3v) is 2.89. The number of aryl methyl sites for hydroxylation is 2. The monoisotopic (exact) mass is 396 g/mol. The van der Waals surface area contributed by atoms with Crippen LogP contribution in [-0.4, -0.2) is 35.4 Å². The molecule has 0 unspecified atom stereocenters. The van der Waals surface area contributed by atoms with Gasteiger partial charge >= 0.3 is 11.9 Å². The van der Waals surface area contributed by atoms with Crippen LogP contribution < -0.4 is 9.47 Å². The fraction of sp³-hybridized carbons (Fsp3) is 0.222. The summed E-state index contributed by atoms with van der Waals surface area (Å²) in [5.74, 6) is -0.670. The summed E-state index contributed by atoms with van der Waals surface area (Å²) >= 11 is 0. The molecule has 0 aliphatic heterocycles. The number of rotatable bonds is 6. The van der Waals surface area contributed by atoms with Crippen molar-refractivity contribution in [3.8, 4) is 11.5 Å². The van der Waals surface area contributed by atoms with E-state index in [0.29, 0.717) is 11.5 Å². The van der Waals surface area contributed by atoms with Crippen LogP contribution in [0.2, 0.25) is 0 Å². The van der Waals surface area contributed by atoms with Gasteiger partial charge in [0.05, 0.1) is 0 Å². The zero-order chi connectivity index (χ0) is 17.9. The number of ether oxygens (including phenoxy) is 2. The minimum absolute atomic E-state index is 0. The summed E-state index contributed by atoms with van der Waals surface area (Å²) in [4.78, 5) is 20.3. The van der Waals surface area contributed by atoms with Crippen molar-refractivity contribution >= 4 is 11.9 Å². The first kappa shape index (κ1) is 22.6. The molecule has 0 heterocycles. The summed E-state index contributed by atoms with van der Waals surface area (Å²) in [5.41, 5.74) is 1.89. The molecule has 0 bridgehead atoms. The smallest absolute Gasteiger partial charge is 0.341 e. The van der Waals surface area contributed by atoms with Crippen molar-refractivity contribution in [2.75, 3.05) is 13.2 Å². The zero-order valence-corrected chi connectivity index (χ0v) is 17.2. The topological polar surface area (TPSA) is 93.1 Å². The Morgan fingerprint density at radius 1 is 0.760 bits per heavy atom. The summed E-state index contributed by atoms with van der Waals surface area (Å²) in [6.45, 7) is 3.17. The number of carbonyl (C=O) groups is 2. The molecule has 2 N–H and O–H groups in total. The number of carboxylic acid groups (broad SMARTS) is 2. The van der Waals surface area contributed by atoms with E-state index in [4.69, 9.17) is 19.7 Å². The van der Waals surface area contributed by atoms with Gasteiger partial charge in [-0.05, 0) is 37.1 Å². The van der Waals surface area contributed by atoms with Crippen LogP contribution in [0.5, 0.6) is 11.5 Å². The van der Waals surface area contributed by atoms with Crippen LogP contribution in [0.4, 0.5) is 0 Å². The van der Waals surface area contributed by atoms with Crippen molar-refractivity contribution in [1.29, 1.82) is 0 Å². The van der Waals surface area contributed by atoms with Crippen molar-refractivity contribution in [3.63, 3.8) is 0 Å². The van der Waals surface area contributed by atoms with E-state index in [1.807, 2.05) is 50.2 Å². The van der Waals surface area contributed by atoms with Crippen LogP contribution in [-0.2, 0) is 29.1 Å². The first-order chi connectivity index (χ1) is 11.4. The Labute approximate surface area is 159 Å². The molecule has 25 heavy (non-hydrogen) atoms. The van der Waals surface area contributed by atoms with Gasteiger partial charge in [0.2, 0.25) is 0 Å². The van der Waals surface area contributed by atoms with E-state index in [1.54, 1.807) is 12.1 Å². The Kier molecular flexibility index (Phi) is 10.9. The van der Waals surface area contributed by atoms with Crippen LogP contribution in [0.25, 0.3) is 0 Å². The summed E-state index contributed by atoms with van der Waals surface area (Å²) < 4.78 is 10.00. The van der Waals surface area contributed by atoms with E-state index in [1.165, 1.54) is 0 Å². The van der Waals surface area contributed by atoms with E-state index in [9.17, 15) is 9.59 Å². The predicted molar refractivity (Wildman–Crippen MR) is 88.6 cm³/mol. The summed E-state index contributed by atoms with van der Waals surface area (Å²) in [7, 11) is 0. The molecule has 0 aliphatic rings. The SMILES string of the molecule is Cc1ccccc1OCC(=O)O.Cc1ccccc1OCC(=O)O.[Zn]. The molecule has 0 saturated carbocycles. The predicted octanol–water partition coefficient (Wildman–Crippen LogP) is 2.91. The molecule has 2 aromatic rings. The van der Waals surface area contributed by atoms with Gasteiger partial charge in [-0.2, -0.15) is 0 Å². The van der Waals surface area contributed by atoms with Gasteiger partial charge in [0.25, 0.3) is 0 Å². The van der Waals surface area contributed by atoms with Crippen molar-refractivity contribution in [3.05, 3.63) is 59.7 Å². The Morgan fingerprint density at radius 2 is 1.08 bits per heavy atom. The van der Waals surface area contributed by atoms with Crippen LogP contribution in [0, 0.1) is 13.8 Å². The molecule has 0 radical (unpaired) electrons. The van der Waals surface area contributed by atoms with Crippen molar-refractivity contribution in [2.24, 2.45) is 0 Å². The normalized spacial score (nSPS) is 9.04. The molecule has 0 amide bonds. The third-order valence-electron chi connectivity index (χ3n) is 2.89. The molecule has 7 heteroatoms. The van der Waals surface area contributed by atoms with E-state index >= 15 is 0 Å². The average molecular weight is 398 g/mol. The van der Waals surface area contributed by atoms with Crippen LogP contribution in [0.3, 0.4) is 0 Å². The van der Waals surface area contributed by atoms with Gasteiger partial charge in [0, 0.05) is 19.5 Å². The molecule has 0 fully saturated rings. The first-order valence-electron chi connectivity index (χ1n) is 7.20. The molecule has 0 atom stereocenters. The molecule has 0 saturated heterocycles. The number of carboxylic acids is 2. The van der Waals surface area contributed by atoms with E-state index in [-0.39, 0.29) is 32.7 Å². The van der Waals surface area contributed by atoms with Gasteiger partial charge in [-0.1, -0.05) is 36.4 Å². The largest absolute Gasteiger partial charge is 0.482 e. The van der Waals surface area contributed by atoms with Crippen LogP contribution in [0.15, 0.2) is 48.5 Å². The molecule has 0 aliphatic carbocycles. The maximum atomic E-state index is 10.2. The Hall–Kier alpha value is -2.40. The maximum absolute atomic E-state index is 10.2. The van der Waals surface area contributed by atoms with Gasteiger partial charge in [-0.3, -0.25) is 0 Å². The molecular weight excluding hydrogens is 378 g/mol. The maximum Gasteiger partial charge on any atom is 0.341 e. The minimum atomic E-state index is -0.960. The number of para-hydroxylation sites is 2. The van der Waals surface area contributed by atoms with E-state index in [2.05, 4.69) is 0 Å². The minimum Gasteiger partial charge on any atom is -0.482 e. The molecular formula is C18H20O6Zn. The fourth-order valence-corrected chi connectivity index (χ4v) is 1.72. The molecule has 6 nitrogen and oxygen atoms in total. The van der Waals surface area contributed by atoms with Crippen molar-refractivity contribution < 1.29 is 48.8 Å². The number of benzene rings is 2. The zero-order valence-electron chi connectivity index (χ0n) is 14.3. The van der Waals surface area contributed by atoms with E-state index < -0.39 is 11.9 Å². The fourth-order valence-electron chi connectivity index (χ4n) is 1.72. The summed E-state index contributed by atoms with van der Waals surface area (Å²) in [6.07, 6.45) is 0. The summed E-state index contributed by atoms with van der Waals surface area (Å²) in [5, 5.41) is 16.7. The molecule has 0 spiro atoms. The molecule has 2 aromatic carbocycles. The van der Waals surface area contributed by atoms with Crippen LogP contribution >= 0.6 is 0 Å². The Bertz CT molecular complexity index is 627. The second-order valence-corrected chi connectivity index (χ2v) is 4.90. The molecule has 2 rings (SSSR count). The number of aliphatic carboxylic acids is 2. The van der Waals surface area contributed by atoms with E-state index in [0.717, 1.165) is 11.1 Å².